The zero-order valence-electron chi connectivity index (χ0n) is 12.5. The lowest BCUT2D eigenvalue weighted by Crippen LogP contribution is -2.24. The van der Waals surface area contributed by atoms with E-state index >= 15 is 0 Å². The van der Waals surface area contributed by atoms with Gasteiger partial charge in [0.05, 0.1) is 21.3 Å². The van der Waals surface area contributed by atoms with Crippen LogP contribution in [0.5, 0.6) is 5.88 Å². The Hall–Kier alpha value is -2.29. The van der Waals surface area contributed by atoms with Crippen molar-refractivity contribution >= 4 is 35.1 Å². The highest BCUT2D eigenvalue weighted by Crippen LogP contribution is 2.32. The quantitative estimate of drug-likeness (QED) is 0.855. The van der Waals surface area contributed by atoms with Gasteiger partial charge in [-0.15, -0.1) is 0 Å². The Morgan fingerprint density at radius 3 is 2.74 bits per heavy atom. The minimum Gasteiger partial charge on any atom is -0.494 e. The lowest BCUT2D eigenvalue weighted by atomic mass is 10.1. The number of nitriles is 1. The monoisotopic (exact) mass is 349 g/mol. The molecule has 0 unspecified atom stereocenters. The number of hydrogen-bond acceptors (Lipinski definition) is 4. The van der Waals surface area contributed by atoms with Gasteiger partial charge in [0, 0.05) is 12.8 Å². The topological polar surface area (TPSA) is 78.4 Å². The third-order valence-electron chi connectivity index (χ3n) is 3.43. The van der Waals surface area contributed by atoms with Crippen molar-refractivity contribution in [1.29, 1.82) is 5.26 Å². The first kappa shape index (κ1) is 17.1. The van der Waals surface area contributed by atoms with Gasteiger partial charge in [-0.2, -0.15) is 5.26 Å². The number of benzene rings is 1. The van der Waals surface area contributed by atoms with E-state index in [0.29, 0.717) is 21.8 Å². The summed E-state index contributed by atoms with van der Waals surface area (Å²) in [5.74, 6) is -0.240. The maximum absolute atomic E-state index is 12.1. The van der Waals surface area contributed by atoms with Gasteiger partial charge in [-0.05, 0) is 31.5 Å². The molecular formula is C16H13Cl2N3O2. The summed E-state index contributed by atoms with van der Waals surface area (Å²) in [4.78, 5) is 16.3. The van der Waals surface area contributed by atoms with E-state index in [0.717, 1.165) is 4.57 Å². The van der Waals surface area contributed by atoms with Gasteiger partial charge in [0.15, 0.2) is 0 Å². The first-order valence-electron chi connectivity index (χ1n) is 6.76. The molecule has 0 atom stereocenters. The summed E-state index contributed by atoms with van der Waals surface area (Å²) >= 11 is 12.0. The molecule has 0 fully saturated rings. The van der Waals surface area contributed by atoms with Crippen LogP contribution in [0.2, 0.25) is 10.0 Å². The van der Waals surface area contributed by atoms with Gasteiger partial charge in [-0.25, -0.2) is 0 Å². The van der Waals surface area contributed by atoms with E-state index in [2.05, 4.69) is 4.99 Å². The van der Waals surface area contributed by atoms with Gasteiger partial charge in [0.25, 0.3) is 5.56 Å². The van der Waals surface area contributed by atoms with E-state index in [1.807, 2.05) is 6.07 Å². The Kier molecular flexibility index (Phi) is 5.09. The van der Waals surface area contributed by atoms with Crippen LogP contribution in [-0.4, -0.2) is 15.9 Å². The summed E-state index contributed by atoms with van der Waals surface area (Å²) in [7, 11) is 0. The highest BCUT2D eigenvalue weighted by atomic mass is 35.5. The molecule has 0 aliphatic rings. The van der Waals surface area contributed by atoms with E-state index in [1.54, 1.807) is 32.0 Å². The van der Waals surface area contributed by atoms with Crippen molar-refractivity contribution < 1.29 is 5.11 Å². The maximum atomic E-state index is 12.1. The number of aliphatic imine (C=N–C) groups is 1. The highest BCUT2D eigenvalue weighted by Gasteiger charge is 2.17. The summed E-state index contributed by atoms with van der Waals surface area (Å²) < 4.78 is 1.12. The summed E-state index contributed by atoms with van der Waals surface area (Å²) in [5.41, 5.74) is 0.526. The molecule has 0 saturated heterocycles. The van der Waals surface area contributed by atoms with E-state index in [1.165, 1.54) is 6.21 Å². The van der Waals surface area contributed by atoms with Gasteiger partial charge >= 0.3 is 0 Å². The number of nitrogens with zero attached hydrogens (tertiary/aromatic N) is 3. The summed E-state index contributed by atoms with van der Waals surface area (Å²) in [6.07, 6.45) is 1.37. The number of pyridine rings is 1. The molecule has 5 nitrogen and oxygen atoms in total. The predicted octanol–water partition coefficient (Wildman–Crippen LogP) is 3.81. The fourth-order valence-corrected chi connectivity index (χ4v) is 2.49. The SMILES string of the molecule is CCn1c(O)c(C=Nc2cccc(Cl)c2Cl)c(C)c(C#N)c1=O. The molecule has 0 radical (unpaired) electrons. The predicted molar refractivity (Wildman–Crippen MR) is 91.2 cm³/mol. The van der Waals surface area contributed by atoms with Crippen LogP contribution in [0.3, 0.4) is 0 Å². The Morgan fingerprint density at radius 2 is 2.13 bits per heavy atom. The van der Waals surface area contributed by atoms with Crippen molar-refractivity contribution in [1.82, 2.24) is 4.57 Å². The third kappa shape index (κ3) is 3.09. The third-order valence-corrected chi connectivity index (χ3v) is 4.24. The number of aromatic nitrogens is 1. The molecule has 1 N–H and O–H groups in total. The molecule has 23 heavy (non-hydrogen) atoms. The second kappa shape index (κ2) is 6.86. The van der Waals surface area contributed by atoms with E-state index in [-0.39, 0.29) is 23.0 Å². The zero-order chi connectivity index (χ0) is 17.1. The largest absolute Gasteiger partial charge is 0.494 e. The smallest absolute Gasteiger partial charge is 0.271 e. The number of aromatic hydroxyl groups is 1. The number of hydrogen-bond donors (Lipinski definition) is 1. The molecule has 1 aromatic heterocycles. The minimum atomic E-state index is -0.525. The molecule has 0 saturated carbocycles. The molecular weight excluding hydrogens is 337 g/mol. The Balaban J connectivity index is 2.65. The van der Waals surface area contributed by atoms with E-state index in [4.69, 9.17) is 23.2 Å². The molecule has 0 spiro atoms. The highest BCUT2D eigenvalue weighted by molar-refractivity contribution is 6.43. The van der Waals surface area contributed by atoms with Gasteiger partial charge in [-0.1, -0.05) is 29.3 Å². The maximum Gasteiger partial charge on any atom is 0.271 e. The van der Waals surface area contributed by atoms with Gasteiger partial charge < -0.3 is 5.11 Å². The number of halogens is 2. The standard InChI is InChI=1S/C16H13Cl2N3O2/c1-3-21-15(22)10(7-19)9(2)11(16(21)23)8-20-13-6-4-5-12(17)14(13)18/h4-6,8,23H,3H2,1-2H3. The molecule has 1 heterocycles. The van der Waals surface area contributed by atoms with Crippen molar-refractivity contribution in [3.63, 3.8) is 0 Å². The Labute approximate surface area is 143 Å². The lowest BCUT2D eigenvalue weighted by molar-refractivity contribution is 0.409. The summed E-state index contributed by atoms with van der Waals surface area (Å²) in [6, 6.07) is 6.87. The molecule has 0 aliphatic heterocycles. The fourth-order valence-electron chi connectivity index (χ4n) is 2.15. The van der Waals surface area contributed by atoms with Crippen molar-refractivity contribution in [2.75, 3.05) is 0 Å². The van der Waals surface area contributed by atoms with Crippen molar-refractivity contribution in [3.8, 4) is 11.9 Å². The minimum absolute atomic E-state index is 0.0247. The van der Waals surface area contributed by atoms with Crippen LogP contribution in [0.15, 0.2) is 28.0 Å². The average Bonchev–Trinajstić information content (AvgIpc) is 2.52. The molecule has 0 bridgehead atoms. The molecule has 0 aliphatic carbocycles. The van der Waals surface area contributed by atoms with Gasteiger partial charge in [0.1, 0.15) is 11.6 Å². The van der Waals surface area contributed by atoms with Crippen LogP contribution < -0.4 is 5.56 Å². The van der Waals surface area contributed by atoms with Crippen LogP contribution in [0, 0.1) is 18.3 Å². The van der Waals surface area contributed by atoms with Crippen molar-refractivity contribution in [2.45, 2.75) is 20.4 Å². The van der Waals surface area contributed by atoms with E-state index in [9.17, 15) is 15.2 Å². The number of rotatable bonds is 3. The second-order valence-electron chi connectivity index (χ2n) is 4.73. The Bertz CT molecular complexity index is 896. The lowest BCUT2D eigenvalue weighted by Gasteiger charge is -2.12. The van der Waals surface area contributed by atoms with Gasteiger partial charge in [-0.3, -0.25) is 14.4 Å². The van der Waals surface area contributed by atoms with E-state index < -0.39 is 5.56 Å². The van der Waals surface area contributed by atoms with Crippen LogP contribution in [0.4, 0.5) is 5.69 Å². The first-order valence-corrected chi connectivity index (χ1v) is 7.52. The molecule has 1 aromatic carbocycles. The average molecular weight is 350 g/mol. The molecule has 118 valence electrons. The molecule has 2 rings (SSSR count). The summed E-state index contributed by atoms with van der Waals surface area (Å²) in [5, 5.41) is 20.1. The molecule has 7 heteroatoms. The van der Waals surface area contributed by atoms with Gasteiger partial charge in [0.2, 0.25) is 5.88 Å². The van der Waals surface area contributed by atoms with Crippen LogP contribution in [0.1, 0.15) is 23.6 Å². The normalized spacial score (nSPS) is 10.9. The van der Waals surface area contributed by atoms with Crippen molar-refractivity contribution in [2.24, 2.45) is 4.99 Å². The summed E-state index contributed by atoms with van der Waals surface area (Å²) in [6.45, 7) is 3.52. The molecule has 2 aromatic rings. The zero-order valence-corrected chi connectivity index (χ0v) is 14.0. The fraction of sp³-hybridized carbons (Fsp3) is 0.188. The van der Waals surface area contributed by atoms with Crippen LogP contribution in [0.25, 0.3) is 0 Å². The van der Waals surface area contributed by atoms with Crippen LogP contribution >= 0.6 is 23.2 Å². The molecule has 0 amide bonds. The Morgan fingerprint density at radius 1 is 1.43 bits per heavy atom. The first-order chi connectivity index (χ1) is 10.9. The van der Waals surface area contributed by atoms with Crippen LogP contribution in [-0.2, 0) is 6.54 Å². The second-order valence-corrected chi connectivity index (χ2v) is 5.51. The van der Waals surface area contributed by atoms with Crippen molar-refractivity contribution in [3.05, 3.63) is 55.3 Å².